The molecule has 0 aromatic carbocycles. The van der Waals surface area contributed by atoms with Crippen LogP contribution in [0.3, 0.4) is 0 Å². The van der Waals surface area contributed by atoms with Crippen molar-refractivity contribution in [1.82, 2.24) is 9.97 Å². The molecule has 112 valence electrons. The molecule has 0 saturated heterocycles. The van der Waals surface area contributed by atoms with Crippen LogP contribution < -0.4 is 10.0 Å². The molecule has 8 heteroatoms. The number of pyridine rings is 2. The average molecular weight is 327 g/mol. The molecule has 0 atom stereocenters. The van der Waals surface area contributed by atoms with E-state index in [4.69, 9.17) is 11.6 Å². The van der Waals surface area contributed by atoms with Gasteiger partial charge in [-0.25, -0.2) is 18.4 Å². The van der Waals surface area contributed by atoms with E-state index >= 15 is 0 Å². The van der Waals surface area contributed by atoms with E-state index in [-0.39, 0.29) is 15.7 Å². The molecule has 2 heterocycles. The molecule has 0 fully saturated rings. The highest BCUT2D eigenvalue weighted by Crippen LogP contribution is 2.24. The van der Waals surface area contributed by atoms with Gasteiger partial charge in [0, 0.05) is 18.9 Å². The largest absolute Gasteiger partial charge is 0.369 e. The lowest BCUT2D eigenvalue weighted by Gasteiger charge is -2.12. The van der Waals surface area contributed by atoms with E-state index in [9.17, 15) is 8.42 Å². The van der Waals surface area contributed by atoms with Crippen LogP contribution in [0.1, 0.15) is 13.3 Å². The topological polar surface area (TPSA) is 84.0 Å². The molecular weight excluding hydrogens is 312 g/mol. The summed E-state index contributed by atoms with van der Waals surface area (Å²) in [5.74, 6) is 0.392. The van der Waals surface area contributed by atoms with E-state index in [1.54, 1.807) is 18.2 Å². The quantitative estimate of drug-likeness (QED) is 0.852. The molecule has 2 N–H and O–H groups in total. The van der Waals surface area contributed by atoms with Gasteiger partial charge in [-0.05, 0) is 30.7 Å². The fourth-order valence-electron chi connectivity index (χ4n) is 1.63. The van der Waals surface area contributed by atoms with Crippen molar-refractivity contribution in [3.63, 3.8) is 0 Å². The molecule has 0 radical (unpaired) electrons. The Morgan fingerprint density at radius 2 is 1.81 bits per heavy atom. The van der Waals surface area contributed by atoms with Crippen molar-refractivity contribution >= 4 is 33.3 Å². The smallest absolute Gasteiger partial charge is 0.266 e. The van der Waals surface area contributed by atoms with Crippen LogP contribution in [0.5, 0.6) is 0 Å². The second-order valence-corrected chi connectivity index (χ2v) is 6.27. The van der Waals surface area contributed by atoms with Crippen molar-refractivity contribution in [3.8, 4) is 0 Å². The van der Waals surface area contributed by atoms with Crippen molar-refractivity contribution < 1.29 is 8.42 Å². The molecule has 0 spiro atoms. The summed E-state index contributed by atoms with van der Waals surface area (Å²) in [6.45, 7) is 2.61. The van der Waals surface area contributed by atoms with Crippen LogP contribution in [0.25, 0.3) is 0 Å². The second-order valence-electron chi connectivity index (χ2n) is 4.22. The van der Waals surface area contributed by atoms with Gasteiger partial charge in [0.15, 0.2) is 5.82 Å². The van der Waals surface area contributed by atoms with Gasteiger partial charge in [-0.15, -0.1) is 0 Å². The van der Waals surface area contributed by atoms with E-state index in [0.29, 0.717) is 12.4 Å². The fourth-order valence-corrected chi connectivity index (χ4v) is 3.02. The Morgan fingerprint density at radius 1 is 1.14 bits per heavy atom. The molecule has 0 amide bonds. The summed E-state index contributed by atoms with van der Waals surface area (Å²) in [6.07, 6.45) is 3.85. The SMILES string of the molecule is CCCNc1ncccc1S(=O)(=O)Nc1ncccc1Cl. The van der Waals surface area contributed by atoms with E-state index in [2.05, 4.69) is 20.0 Å². The molecule has 0 aliphatic rings. The van der Waals surface area contributed by atoms with E-state index in [0.717, 1.165) is 6.42 Å². The van der Waals surface area contributed by atoms with Crippen LogP contribution in [-0.4, -0.2) is 24.9 Å². The number of rotatable bonds is 6. The maximum Gasteiger partial charge on any atom is 0.266 e. The van der Waals surface area contributed by atoms with Gasteiger partial charge in [0.1, 0.15) is 10.7 Å². The number of aromatic nitrogens is 2. The van der Waals surface area contributed by atoms with Gasteiger partial charge in [0.05, 0.1) is 5.02 Å². The highest BCUT2D eigenvalue weighted by molar-refractivity contribution is 7.92. The molecule has 0 aliphatic heterocycles. The van der Waals surface area contributed by atoms with Gasteiger partial charge < -0.3 is 5.32 Å². The summed E-state index contributed by atoms with van der Waals surface area (Å²) in [7, 11) is -3.82. The van der Waals surface area contributed by atoms with Crippen LogP contribution in [0.15, 0.2) is 41.6 Å². The lowest BCUT2D eigenvalue weighted by molar-refractivity contribution is 0.601. The molecule has 2 rings (SSSR count). The number of hydrogen-bond donors (Lipinski definition) is 2. The average Bonchev–Trinajstić information content (AvgIpc) is 2.47. The summed E-state index contributed by atoms with van der Waals surface area (Å²) >= 11 is 5.92. The maximum absolute atomic E-state index is 12.4. The lowest BCUT2D eigenvalue weighted by atomic mass is 10.4. The summed E-state index contributed by atoms with van der Waals surface area (Å²) in [5, 5.41) is 3.22. The minimum absolute atomic E-state index is 0.0557. The van der Waals surface area contributed by atoms with Gasteiger partial charge in [0.2, 0.25) is 0 Å². The molecule has 6 nitrogen and oxygen atoms in total. The zero-order valence-corrected chi connectivity index (χ0v) is 12.9. The minimum atomic E-state index is -3.82. The molecule has 2 aromatic heterocycles. The normalized spacial score (nSPS) is 11.1. The van der Waals surface area contributed by atoms with Crippen molar-refractivity contribution in [2.45, 2.75) is 18.2 Å². The standard InChI is InChI=1S/C13H15ClN4O2S/c1-2-7-15-13-11(6-4-9-17-13)21(19,20)18-12-10(14)5-3-8-16-12/h3-6,8-9H,2,7H2,1H3,(H,15,17)(H,16,18). The number of anilines is 2. The highest BCUT2D eigenvalue weighted by Gasteiger charge is 2.20. The van der Waals surface area contributed by atoms with Crippen molar-refractivity contribution in [1.29, 1.82) is 0 Å². The molecule has 0 unspecified atom stereocenters. The number of hydrogen-bond acceptors (Lipinski definition) is 5. The Balaban J connectivity index is 2.34. The summed E-state index contributed by atoms with van der Waals surface area (Å²) in [5.41, 5.74) is 0. The molecule has 0 saturated carbocycles. The Labute approximate surface area is 128 Å². The Bertz CT molecular complexity index is 722. The van der Waals surface area contributed by atoms with Crippen molar-refractivity contribution in [2.75, 3.05) is 16.6 Å². The van der Waals surface area contributed by atoms with E-state index in [1.807, 2.05) is 6.92 Å². The number of nitrogens with zero attached hydrogens (tertiary/aromatic N) is 2. The zero-order valence-electron chi connectivity index (χ0n) is 11.4. The first kappa shape index (κ1) is 15.5. The third-order valence-corrected chi connectivity index (χ3v) is 4.27. The van der Waals surface area contributed by atoms with Gasteiger partial charge in [-0.2, -0.15) is 0 Å². The van der Waals surface area contributed by atoms with E-state index < -0.39 is 10.0 Å². The van der Waals surface area contributed by atoms with Crippen LogP contribution in [0.2, 0.25) is 5.02 Å². The third-order valence-electron chi connectivity index (χ3n) is 2.59. The molecule has 21 heavy (non-hydrogen) atoms. The van der Waals surface area contributed by atoms with Crippen molar-refractivity contribution in [3.05, 3.63) is 41.7 Å². The Morgan fingerprint density at radius 3 is 2.48 bits per heavy atom. The summed E-state index contributed by atoms with van der Waals surface area (Å²) < 4.78 is 27.3. The molecule has 2 aromatic rings. The van der Waals surface area contributed by atoms with Gasteiger partial charge in [0.25, 0.3) is 10.0 Å². The molecular formula is C13H15ClN4O2S. The predicted molar refractivity (Wildman–Crippen MR) is 83.1 cm³/mol. The number of halogens is 1. The Kier molecular flexibility index (Phi) is 4.98. The number of nitrogens with one attached hydrogen (secondary N) is 2. The van der Waals surface area contributed by atoms with Crippen LogP contribution in [-0.2, 0) is 10.0 Å². The summed E-state index contributed by atoms with van der Waals surface area (Å²) in [6, 6.07) is 6.22. The van der Waals surface area contributed by atoms with Gasteiger partial charge in [-0.3, -0.25) is 4.72 Å². The van der Waals surface area contributed by atoms with Gasteiger partial charge >= 0.3 is 0 Å². The first-order chi connectivity index (χ1) is 10.0. The lowest BCUT2D eigenvalue weighted by Crippen LogP contribution is -2.17. The van der Waals surface area contributed by atoms with E-state index in [1.165, 1.54) is 18.5 Å². The van der Waals surface area contributed by atoms with Crippen molar-refractivity contribution in [2.24, 2.45) is 0 Å². The predicted octanol–water partition coefficient (Wildman–Crippen LogP) is 2.75. The first-order valence-electron chi connectivity index (χ1n) is 6.37. The third kappa shape index (κ3) is 3.83. The van der Waals surface area contributed by atoms with Crippen LogP contribution in [0.4, 0.5) is 11.6 Å². The summed E-state index contributed by atoms with van der Waals surface area (Å²) in [4.78, 5) is 8.04. The number of sulfonamides is 1. The maximum atomic E-state index is 12.4. The molecule has 0 aliphatic carbocycles. The fraction of sp³-hybridized carbons (Fsp3) is 0.231. The zero-order chi connectivity index (χ0) is 15.3. The Hall–Kier alpha value is -1.86. The minimum Gasteiger partial charge on any atom is -0.369 e. The molecule has 0 bridgehead atoms. The van der Waals surface area contributed by atoms with Gasteiger partial charge in [-0.1, -0.05) is 18.5 Å². The highest BCUT2D eigenvalue weighted by atomic mass is 35.5. The van der Waals surface area contributed by atoms with Crippen LogP contribution >= 0.6 is 11.6 Å². The van der Waals surface area contributed by atoms with Crippen LogP contribution in [0, 0.1) is 0 Å². The monoisotopic (exact) mass is 326 g/mol. The first-order valence-corrected chi connectivity index (χ1v) is 8.23. The second kappa shape index (κ2) is 6.73.